The van der Waals surface area contributed by atoms with E-state index in [0.717, 1.165) is 32.0 Å². The molecular weight excluding hydrogens is 222 g/mol. The monoisotopic (exact) mass is 245 g/mol. The van der Waals surface area contributed by atoms with Crippen molar-refractivity contribution in [2.45, 2.75) is 58.7 Å². The number of aryl methyl sites for hydroxylation is 1. The number of aromatic nitrogens is 1. The number of nitrogens with one attached hydrogen (secondary N) is 1. The summed E-state index contributed by atoms with van der Waals surface area (Å²) in [6.45, 7) is 6.01. The van der Waals surface area contributed by atoms with Gasteiger partial charge < -0.3 is 9.88 Å². The van der Waals surface area contributed by atoms with Crippen LogP contribution in [0.2, 0.25) is 0 Å². The van der Waals surface area contributed by atoms with Gasteiger partial charge in [-0.2, -0.15) is 5.26 Å². The van der Waals surface area contributed by atoms with Crippen molar-refractivity contribution in [2.24, 2.45) is 5.41 Å². The molecule has 1 aliphatic rings. The Labute approximate surface area is 110 Å². The molecule has 0 unspecified atom stereocenters. The fourth-order valence-corrected chi connectivity index (χ4v) is 2.11. The Morgan fingerprint density at radius 1 is 1.50 bits per heavy atom. The minimum absolute atomic E-state index is 0.195. The van der Waals surface area contributed by atoms with E-state index in [9.17, 15) is 0 Å². The molecule has 1 N–H and O–H groups in total. The summed E-state index contributed by atoms with van der Waals surface area (Å²) in [5.74, 6) is 0. The van der Waals surface area contributed by atoms with Crippen molar-refractivity contribution in [3.63, 3.8) is 0 Å². The minimum atomic E-state index is -0.195. The molecule has 2 rings (SSSR count). The Morgan fingerprint density at radius 2 is 2.28 bits per heavy atom. The van der Waals surface area contributed by atoms with Crippen molar-refractivity contribution in [3.8, 4) is 6.07 Å². The lowest BCUT2D eigenvalue weighted by atomic mass is 9.90. The second kappa shape index (κ2) is 5.58. The third kappa shape index (κ3) is 3.89. The topological polar surface area (TPSA) is 40.8 Å². The summed E-state index contributed by atoms with van der Waals surface area (Å²) in [6, 6.07) is 7.41. The molecule has 1 aromatic heterocycles. The molecule has 0 atom stereocenters. The lowest BCUT2D eigenvalue weighted by molar-refractivity contribution is 0.412. The third-order valence-electron chi connectivity index (χ3n) is 3.58. The first kappa shape index (κ1) is 13.2. The Bertz CT molecular complexity index is 421. The van der Waals surface area contributed by atoms with Crippen molar-refractivity contribution < 1.29 is 0 Å². The van der Waals surface area contributed by atoms with Gasteiger partial charge in [-0.3, -0.25) is 0 Å². The highest BCUT2D eigenvalue weighted by Crippen LogP contribution is 2.22. The van der Waals surface area contributed by atoms with Crippen LogP contribution in [0, 0.1) is 16.7 Å². The van der Waals surface area contributed by atoms with E-state index in [1.807, 2.05) is 13.8 Å². The quantitative estimate of drug-likeness (QED) is 0.802. The lowest BCUT2D eigenvalue weighted by Crippen LogP contribution is -2.18. The molecule has 1 aliphatic carbocycles. The van der Waals surface area contributed by atoms with Crippen LogP contribution >= 0.6 is 0 Å². The summed E-state index contributed by atoms with van der Waals surface area (Å²) in [6.07, 6.45) is 6.82. The molecule has 1 heterocycles. The lowest BCUT2D eigenvalue weighted by Gasteiger charge is -2.16. The molecule has 1 fully saturated rings. The molecule has 98 valence electrons. The molecule has 18 heavy (non-hydrogen) atoms. The zero-order valence-corrected chi connectivity index (χ0v) is 11.4. The van der Waals surface area contributed by atoms with Crippen molar-refractivity contribution >= 4 is 0 Å². The van der Waals surface area contributed by atoms with E-state index < -0.39 is 0 Å². The number of rotatable bonds is 7. The van der Waals surface area contributed by atoms with Crippen molar-refractivity contribution in [2.75, 3.05) is 0 Å². The van der Waals surface area contributed by atoms with E-state index in [1.165, 1.54) is 18.5 Å². The van der Waals surface area contributed by atoms with Gasteiger partial charge in [0.15, 0.2) is 0 Å². The van der Waals surface area contributed by atoms with Gasteiger partial charge in [-0.15, -0.1) is 0 Å². The summed E-state index contributed by atoms with van der Waals surface area (Å²) < 4.78 is 2.31. The zero-order chi connectivity index (χ0) is 13.0. The Kier molecular flexibility index (Phi) is 4.08. The van der Waals surface area contributed by atoms with E-state index in [4.69, 9.17) is 5.26 Å². The second-order valence-corrected chi connectivity index (χ2v) is 5.95. The van der Waals surface area contributed by atoms with Gasteiger partial charge in [-0.25, -0.2) is 0 Å². The molecule has 0 aromatic carbocycles. The van der Waals surface area contributed by atoms with E-state index in [-0.39, 0.29) is 5.41 Å². The van der Waals surface area contributed by atoms with Crippen LogP contribution in [-0.4, -0.2) is 10.6 Å². The standard InChI is InChI=1S/C15H23N3/c1-15(2,12-16)8-4-10-18-9-3-5-14(18)11-17-13-6-7-13/h3,5,9,13,17H,4,6-8,10-11H2,1-2H3. The minimum Gasteiger partial charge on any atom is -0.350 e. The van der Waals surface area contributed by atoms with Crippen LogP contribution < -0.4 is 5.32 Å². The van der Waals surface area contributed by atoms with Gasteiger partial charge in [0.1, 0.15) is 0 Å². The van der Waals surface area contributed by atoms with Gasteiger partial charge >= 0.3 is 0 Å². The van der Waals surface area contributed by atoms with Crippen LogP contribution in [0.4, 0.5) is 0 Å². The molecule has 0 bridgehead atoms. The van der Waals surface area contributed by atoms with Gasteiger partial charge in [0.05, 0.1) is 11.5 Å². The fourth-order valence-electron chi connectivity index (χ4n) is 2.11. The van der Waals surface area contributed by atoms with Crippen LogP contribution in [0.3, 0.4) is 0 Å². The first-order chi connectivity index (χ1) is 8.61. The van der Waals surface area contributed by atoms with Gasteiger partial charge in [-0.05, 0) is 51.7 Å². The highest BCUT2D eigenvalue weighted by Gasteiger charge is 2.20. The maximum Gasteiger partial charge on any atom is 0.0683 e. The predicted molar refractivity (Wildman–Crippen MR) is 72.9 cm³/mol. The van der Waals surface area contributed by atoms with Crippen molar-refractivity contribution in [1.29, 1.82) is 5.26 Å². The highest BCUT2D eigenvalue weighted by molar-refractivity contribution is 5.07. The van der Waals surface area contributed by atoms with Crippen LogP contribution in [0.25, 0.3) is 0 Å². The average Bonchev–Trinajstić information content (AvgIpc) is 3.07. The van der Waals surface area contributed by atoms with Gasteiger partial charge in [-0.1, -0.05) is 0 Å². The Balaban J connectivity index is 1.78. The Hall–Kier alpha value is -1.27. The zero-order valence-electron chi connectivity index (χ0n) is 11.4. The average molecular weight is 245 g/mol. The summed E-state index contributed by atoms with van der Waals surface area (Å²) >= 11 is 0. The maximum atomic E-state index is 8.99. The van der Waals surface area contributed by atoms with E-state index in [0.29, 0.717) is 0 Å². The van der Waals surface area contributed by atoms with Crippen LogP contribution in [0.1, 0.15) is 45.2 Å². The molecule has 3 nitrogen and oxygen atoms in total. The molecule has 0 saturated heterocycles. The molecule has 0 radical (unpaired) electrons. The van der Waals surface area contributed by atoms with Crippen LogP contribution in [0.5, 0.6) is 0 Å². The first-order valence-corrected chi connectivity index (χ1v) is 6.89. The summed E-state index contributed by atoms with van der Waals surface area (Å²) in [4.78, 5) is 0. The predicted octanol–water partition coefficient (Wildman–Crippen LogP) is 3.07. The normalized spacial score (nSPS) is 15.6. The Morgan fingerprint density at radius 3 is 2.94 bits per heavy atom. The number of nitrogens with zero attached hydrogens (tertiary/aromatic N) is 2. The van der Waals surface area contributed by atoms with E-state index in [2.05, 4.69) is 34.3 Å². The molecule has 3 heteroatoms. The van der Waals surface area contributed by atoms with Crippen molar-refractivity contribution in [1.82, 2.24) is 9.88 Å². The largest absolute Gasteiger partial charge is 0.350 e. The SMILES string of the molecule is CC(C)(C#N)CCCn1cccc1CNC1CC1. The highest BCUT2D eigenvalue weighted by atomic mass is 15.0. The number of hydrogen-bond donors (Lipinski definition) is 1. The third-order valence-corrected chi connectivity index (χ3v) is 3.58. The molecule has 1 aromatic rings. The molecular formula is C15H23N3. The summed E-state index contributed by atoms with van der Waals surface area (Å²) in [5, 5.41) is 12.5. The smallest absolute Gasteiger partial charge is 0.0683 e. The second-order valence-electron chi connectivity index (χ2n) is 5.95. The molecule has 0 aliphatic heterocycles. The van der Waals surface area contributed by atoms with Crippen molar-refractivity contribution in [3.05, 3.63) is 24.0 Å². The molecule has 0 spiro atoms. The van der Waals surface area contributed by atoms with Gasteiger partial charge in [0, 0.05) is 31.0 Å². The first-order valence-electron chi connectivity index (χ1n) is 6.89. The van der Waals surface area contributed by atoms with Crippen LogP contribution in [-0.2, 0) is 13.1 Å². The summed E-state index contributed by atoms with van der Waals surface area (Å²) in [7, 11) is 0. The number of hydrogen-bond acceptors (Lipinski definition) is 2. The molecule has 0 amide bonds. The van der Waals surface area contributed by atoms with Gasteiger partial charge in [0.2, 0.25) is 0 Å². The molecule has 1 saturated carbocycles. The van der Waals surface area contributed by atoms with E-state index in [1.54, 1.807) is 0 Å². The van der Waals surface area contributed by atoms with Gasteiger partial charge in [0.25, 0.3) is 0 Å². The fraction of sp³-hybridized carbons (Fsp3) is 0.667. The van der Waals surface area contributed by atoms with Crippen LogP contribution in [0.15, 0.2) is 18.3 Å². The maximum absolute atomic E-state index is 8.99. The number of nitriles is 1. The van der Waals surface area contributed by atoms with E-state index >= 15 is 0 Å². The summed E-state index contributed by atoms with van der Waals surface area (Å²) in [5.41, 5.74) is 1.16.